The molecule has 144 valence electrons. The molecule has 1 aromatic carbocycles. The second-order valence-corrected chi connectivity index (χ2v) is 7.26. The summed E-state index contributed by atoms with van der Waals surface area (Å²) in [4.78, 5) is 31.6. The fraction of sp³-hybridized carbons (Fsp3) is 0.421. The summed E-state index contributed by atoms with van der Waals surface area (Å²) >= 11 is 1.35. The number of piperidine rings is 1. The van der Waals surface area contributed by atoms with E-state index in [1.54, 1.807) is 29.9 Å². The summed E-state index contributed by atoms with van der Waals surface area (Å²) in [5.74, 6) is 0.961. The molecule has 1 N–H and O–H groups in total. The lowest BCUT2D eigenvalue weighted by molar-refractivity contribution is 0.0675. The molecule has 0 spiro atoms. The number of amides is 2. The van der Waals surface area contributed by atoms with E-state index < -0.39 is 0 Å². The summed E-state index contributed by atoms with van der Waals surface area (Å²) in [7, 11) is 3.05. The Morgan fingerprint density at radius 2 is 2.19 bits per heavy atom. The molecule has 3 rings (SSSR count). The Morgan fingerprint density at radius 1 is 1.33 bits per heavy atom. The monoisotopic (exact) mass is 389 g/mol. The van der Waals surface area contributed by atoms with Crippen LogP contribution in [0.1, 0.15) is 32.9 Å². The highest BCUT2D eigenvalue weighted by molar-refractivity contribution is 7.11. The molecular weight excluding hydrogens is 366 g/mol. The van der Waals surface area contributed by atoms with Crippen LogP contribution in [-0.2, 0) is 0 Å². The Hall–Kier alpha value is -2.61. The number of nitrogens with zero attached hydrogens (tertiary/aromatic N) is 2. The zero-order chi connectivity index (χ0) is 19.2. The van der Waals surface area contributed by atoms with Crippen LogP contribution in [-0.4, -0.2) is 55.6 Å². The van der Waals surface area contributed by atoms with Gasteiger partial charge in [-0.15, -0.1) is 11.3 Å². The molecule has 1 aliphatic rings. The van der Waals surface area contributed by atoms with Gasteiger partial charge in [-0.25, -0.2) is 0 Å². The molecule has 2 aromatic rings. The number of methoxy groups -OCH3 is 2. The Bertz CT molecular complexity index is 794. The second-order valence-electron chi connectivity index (χ2n) is 6.38. The van der Waals surface area contributed by atoms with Crippen LogP contribution in [0.25, 0.3) is 0 Å². The smallest absolute Gasteiger partial charge is 0.265 e. The summed E-state index contributed by atoms with van der Waals surface area (Å²) in [6.45, 7) is 1.88. The minimum Gasteiger partial charge on any atom is -0.493 e. The SMILES string of the molecule is COc1cccc(C(=O)NCC2CCCN(C(=O)c3cncs3)C2)c1OC. The number of nitrogens with one attached hydrogen (secondary N) is 1. The van der Waals surface area contributed by atoms with Crippen LogP contribution in [0.15, 0.2) is 29.9 Å². The second kappa shape index (κ2) is 8.85. The van der Waals surface area contributed by atoms with Crippen LogP contribution in [0.3, 0.4) is 0 Å². The Kier molecular flexibility index (Phi) is 6.28. The number of hydrogen-bond acceptors (Lipinski definition) is 6. The van der Waals surface area contributed by atoms with Crippen molar-refractivity contribution in [2.24, 2.45) is 5.92 Å². The molecule has 27 heavy (non-hydrogen) atoms. The van der Waals surface area contributed by atoms with Crippen molar-refractivity contribution in [1.82, 2.24) is 15.2 Å². The summed E-state index contributed by atoms with van der Waals surface area (Å²) < 4.78 is 10.6. The van der Waals surface area contributed by atoms with Crippen molar-refractivity contribution < 1.29 is 19.1 Å². The van der Waals surface area contributed by atoms with Crippen molar-refractivity contribution in [1.29, 1.82) is 0 Å². The van der Waals surface area contributed by atoms with Gasteiger partial charge in [-0.3, -0.25) is 14.6 Å². The van der Waals surface area contributed by atoms with Crippen LogP contribution >= 0.6 is 11.3 Å². The largest absolute Gasteiger partial charge is 0.493 e. The number of carbonyl (C=O) groups excluding carboxylic acids is 2. The lowest BCUT2D eigenvalue weighted by Gasteiger charge is -2.32. The van der Waals surface area contributed by atoms with E-state index in [0.29, 0.717) is 35.0 Å². The average Bonchev–Trinajstić information content (AvgIpc) is 3.25. The van der Waals surface area contributed by atoms with Crippen LogP contribution in [0, 0.1) is 5.92 Å². The van der Waals surface area contributed by atoms with E-state index in [9.17, 15) is 9.59 Å². The van der Waals surface area contributed by atoms with Gasteiger partial charge in [0.05, 0.1) is 31.5 Å². The summed E-state index contributed by atoms with van der Waals surface area (Å²) in [6, 6.07) is 5.21. The van der Waals surface area contributed by atoms with Gasteiger partial charge in [0.1, 0.15) is 4.88 Å². The highest BCUT2D eigenvalue weighted by Gasteiger charge is 2.26. The molecule has 1 aliphatic heterocycles. The fourth-order valence-electron chi connectivity index (χ4n) is 3.29. The van der Waals surface area contributed by atoms with Crippen LogP contribution in [0.5, 0.6) is 11.5 Å². The average molecular weight is 389 g/mol. The number of aromatic nitrogens is 1. The number of ether oxygens (including phenoxy) is 2. The quantitative estimate of drug-likeness (QED) is 0.821. The van der Waals surface area contributed by atoms with Crippen molar-refractivity contribution in [3.05, 3.63) is 40.3 Å². The molecule has 0 saturated carbocycles. The third kappa shape index (κ3) is 4.39. The van der Waals surface area contributed by atoms with Crippen molar-refractivity contribution >= 4 is 23.2 Å². The molecule has 2 heterocycles. The van der Waals surface area contributed by atoms with E-state index in [1.165, 1.54) is 25.6 Å². The summed E-state index contributed by atoms with van der Waals surface area (Å²) in [5.41, 5.74) is 2.10. The van der Waals surface area contributed by atoms with Crippen molar-refractivity contribution in [2.45, 2.75) is 12.8 Å². The molecule has 2 amide bonds. The summed E-state index contributed by atoms with van der Waals surface area (Å²) in [6.07, 6.45) is 3.50. The highest BCUT2D eigenvalue weighted by atomic mass is 32.1. The van der Waals surface area contributed by atoms with Gasteiger partial charge in [0.25, 0.3) is 11.8 Å². The molecule has 0 aliphatic carbocycles. The van der Waals surface area contributed by atoms with Gasteiger partial charge in [0.15, 0.2) is 11.5 Å². The van der Waals surface area contributed by atoms with Crippen LogP contribution < -0.4 is 14.8 Å². The van der Waals surface area contributed by atoms with Crippen LogP contribution in [0.4, 0.5) is 0 Å². The van der Waals surface area contributed by atoms with Crippen molar-refractivity contribution in [2.75, 3.05) is 33.9 Å². The standard InChI is InChI=1S/C19H23N3O4S/c1-25-15-7-3-6-14(17(15)26-2)18(23)21-9-13-5-4-8-22(11-13)19(24)16-10-20-12-27-16/h3,6-7,10,12-13H,4-5,8-9,11H2,1-2H3,(H,21,23). The predicted octanol–water partition coefficient (Wildman–Crippen LogP) is 2.44. The van der Waals surface area contributed by atoms with Crippen molar-refractivity contribution in [3.8, 4) is 11.5 Å². The first-order chi connectivity index (χ1) is 13.1. The molecule has 1 fully saturated rings. The van der Waals surface area contributed by atoms with Gasteiger partial charge in [0, 0.05) is 19.6 Å². The third-order valence-corrected chi connectivity index (χ3v) is 5.41. The minimum atomic E-state index is -0.211. The molecule has 8 heteroatoms. The molecule has 7 nitrogen and oxygen atoms in total. The first-order valence-corrected chi connectivity index (χ1v) is 9.69. The number of carbonyl (C=O) groups is 2. The van der Waals surface area contributed by atoms with Crippen molar-refractivity contribution in [3.63, 3.8) is 0 Å². The van der Waals surface area contributed by atoms with E-state index in [2.05, 4.69) is 10.3 Å². The number of thiazole rings is 1. The molecular formula is C19H23N3O4S. The number of para-hydroxylation sites is 1. The Labute approximate surface area is 162 Å². The fourth-order valence-corrected chi connectivity index (χ4v) is 3.88. The molecule has 0 bridgehead atoms. The molecule has 1 aromatic heterocycles. The first kappa shape index (κ1) is 19.2. The molecule has 1 atom stereocenters. The minimum absolute atomic E-state index is 0.0167. The predicted molar refractivity (Wildman–Crippen MR) is 103 cm³/mol. The van der Waals surface area contributed by atoms with Gasteiger partial charge in [-0.05, 0) is 30.9 Å². The van der Waals surface area contributed by atoms with Gasteiger partial charge in [0.2, 0.25) is 0 Å². The topological polar surface area (TPSA) is 80.8 Å². The highest BCUT2D eigenvalue weighted by Crippen LogP contribution is 2.30. The van der Waals surface area contributed by atoms with E-state index in [1.807, 2.05) is 4.90 Å². The zero-order valence-electron chi connectivity index (χ0n) is 15.4. The van der Waals surface area contributed by atoms with E-state index in [0.717, 1.165) is 19.4 Å². The zero-order valence-corrected chi connectivity index (χ0v) is 16.3. The number of benzene rings is 1. The molecule has 1 saturated heterocycles. The summed E-state index contributed by atoms with van der Waals surface area (Å²) in [5, 5.41) is 2.97. The van der Waals surface area contributed by atoms with Gasteiger partial charge in [-0.2, -0.15) is 0 Å². The maximum absolute atomic E-state index is 12.6. The molecule has 0 radical (unpaired) electrons. The maximum Gasteiger partial charge on any atom is 0.265 e. The van der Waals surface area contributed by atoms with Gasteiger partial charge >= 0.3 is 0 Å². The maximum atomic E-state index is 12.6. The first-order valence-electron chi connectivity index (χ1n) is 8.81. The van der Waals surface area contributed by atoms with E-state index >= 15 is 0 Å². The molecule has 1 unspecified atom stereocenters. The lowest BCUT2D eigenvalue weighted by atomic mass is 9.97. The Morgan fingerprint density at radius 3 is 2.89 bits per heavy atom. The van der Waals surface area contributed by atoms with Gasteiger partial charge < -0.3 is 19.7 Å². The van der Waals surface area contributed by atoms with E-state index in [-0.39, 0.29) is 17.7 Å². The number of likely N-dealkylation sites (tertiary alicyclic amines) is 1. The number of hydrogen-bond donors (Lipinski definition) is 1. The van der Waals surface area contributed by atoms with Crippen LogP contribution in [0.2, 0.25) is 0 Å². The number of rotatable bonds is 6. The lowest BCUT2D eigenvalue weighted by Crippen LogP contribution is -2.43. The Balaban J connectivity index is 1.60. The van der Waals surface area contributed by atoms with E-state index in [4.69, 9.17) is 9.47 Å². The third-order valence-electron chi connectivity index (χ3n) is 4.65. The normalized spacial score (nSPS) is 16.7. The van der Waals surface area contributed by atoms with Gasteiger partial charge in [-0.1, -0.05) is 6.07 Å².